The second-order valence-corrected chi connectivity index (χ2v) is 6.90. The van der Waals surface area contributed by atoms with E-state index in [0.29, 0.717) is 5.75 Å². The van der Waals surface area contributed by atoms with Gasteiger partial charge in [0, 0.05) is 12.1 Å². The minimum atomic E-state index is -3.56. The molecule has 0 spiro atoms. The van der Waals surface area contributed by atoms with Gasteiger partial charge in [0.1, 0.15) is 11.3 Å². The summed E-state index contributed by atoms with van der Waals surface area (Å²) in [4.78, 5) is 12.1. The van der Waals surface area contributed by atoms with Crippen LogP contribution < -0.4 is 20.6 Å². The van der Waals surface area contributed by atoms with Crippen molar-refractivity contribution < 1.29 is 17.6 Å². The summed E-state index contributed by atoms with van der Waals surface area (Å²) in [5, 5.41) is 0.231. The second-order valence-electron chi connectivity index (χ2n) is 5.15. The zero-order valence-electron chi connectivity index (χ0n) is 12.6. The molecule has 124 valence electrons. The Balaban J connectivity index is 2.20. The van der Waals surface area contributed by atoms with Crippen molar-refractivity contribution in [2.75, 3.05) is 16.7 Å². The lowest BCUT2D eigenvalue weighted by Crippen LogP contribution is -2.11. The molecule has 1 aromatic heterocycles. The van der Waals surface area contributed by atoms with Crippen LogP contribution in [0.3, 0.4) is 0 Å². The zero-order valence-corrected chi connectivity index (χ0v) is 13.5. The molecule has 24 heavy (non-hydrogen) atoms. The monoisotopic (exact) mass is 346 g/mol. The Bertz CT molecular complexity index is 1060. The fraction of sp³-hybridized carbons (Fsp3) is 0.0625. The van der Waals surface area contributed by atoms with E-state index in [1.54, 1.807) is 24.3 Å². The molecule has 0 aliphatic carbocycles. The fourth-order valence-electron chi connectivity index (χ4n) is 2.18. The van der Waals surface area contributed by atoms with E-state index in [4.69, 9.17) is 14.9 Å². The van der Waals surface area contributed by atoms with Crippen molar-refractivity contribution in [1.82, 2.24) is 0 Å². The first-order chi connectivity index (χ1) is 11.3. The molecule has 0 aliphatic rings. The van der Waals surface area contributed by atoms with Crippen molar-refractivity contribution in [2.45, 2.75) is 0 Å². The first-order valence-electron chi connectivity index (χ1n) is 6.90. The summed E-state index contributed by atoms with van der Waals surface area (Å²) in [5.74, 6) is 0.610. The van der Waals surface area contributed by atoms with Crippen LogP contribution in [0.15, 0.2) is 57.7 Å². The van der Waals surface area contributed by atoms with Crippen LogP contribution in [-0.4, -0.2) is 14.7 Å². The highest BCUT2D eigenvalue weighted by molar-refractivity contribution is 7.92. The minimum absolute atomic E-state index is 0.0606. The van der Waals surface area contributed by atoms with Crippen LogP contribution in [0.1, 0.15) is 0 Å². The standard InChI is InChI=1S/C16H14N2O5S/c1-24(20,21)18-12-8-14-11(13(19)9-16(17)23-14)7-15(12)22-10-5-3-2-4-6-10/h2-9,18H,17H2,1H3. The molecule has 0 saturated heterocycles. The summed E-state index contributed by atoms with van der Waals surface area (Å²) >= 11 is 0. The number of fused-ring (bicyclic) bond motifs is 1. The number of anilines is 2. The fourth-order valence-corrected chi connectivity index (χ4v) is 2.74. The molecule has 3 aromatic rings. The number of benzene rings is 2. The number of nitrogen functional groups attached to an aromatic ring is 1. The molecule has 0 fully saturated rings. The lowest BCUT2D eigenvalue weighted by Gasteiger charge is -2.13. The van der Waals surface area contributed by atoms with Crippen molar-refractivity contribution in [3.05, 3.63) is 58.8 Å². The highest BCUT2D eigenvalue weighted by atomic mass is 32.2. The van der Waals surface area contributed by atoms with E-state index in [2.05, 4.69) is 4.72 Å². The van der Waals surface area contributed by atoms with E-state index >= 15 is 0 Å². The molecule has 0 bridgehead atoms. The number of rotatable bonds is 4. The third-order valence-corrected chi connectivity index (χ3v) is 3.71. The lowest BCUT2D eigenvalue weighted by molar-refractivity contribution is 0.485. The average Bonchev–Trinajstić information content (AvgIpc) is 2.48. The highest BCUT2D eigenvalue weighted by Crippen LogP contribution is 2.34. The number of nitrogens with one attached hydrogen (secondary N) is 1. The van der Waals surface area contributed by atoms with Gasteiger partial charge in [0.05, 0.1) is 17.3 Å². The Morgan fingerprint density at radius 3 is 2.50 bits per heavy atom. The average molecular weight is 346 g/mol. The molecule has 8 heteroatoms. The summed E-state index contributed by atoms with van der Waals surface area (Å²) in [5.41, 5.74) is 5.48. The van der Waals surface area contributed by atoms with Crippen LogP contribution in [0.25, 0.3) is 11.0 Å². The lowest BCUT2D eigenvalue weighted by atomic mass is 10.2. The van der Waals surface area contributed by atoms with Crippen LogP contribution in [0, 0.1) is 0 Å². The van der Waals surface area contributed by atoms with Gasteiger partial charge in [0.2, 0.25) is 10.0 Å². The summed E-state index contributed by atoms with van der Waals surface area (Å²) in [7, 11) is -3.56. The van der Waals surface area contributed by atoms with Gasteiger partial charge in [-0.25, -0.2) is 8.42 Å². The first-order valence-corrected chi connectivity index (χ1v) is 8.79. The summed E-state index contributed by atoms with van der Waals surface area (Å²) in [6.07, 6.45) is 1.01. The summed E-state index contributed by atoms with van der Waals surface area (Å²) in [6.45, 7) is 0. The summed E-state index contributed by atoms with van der Waals surface area (Å²) in [6, 6.07) is 12.7. The number of ether oxygens (including phenoxy) is 1. The maximum Gasteiger partial charge on any atom is 0.229 e. The number of nitrogens with two attached hydrogens (primary N) is 1. The largest absolute Gasteiger partial charge is 0.455 e. The third kappa shape index (κ3) is 3.49. The van der Waals surface area contributed by atoms with Crippen LogP contribution in [-0.2, 0) is 10.0 Å². The van der Waals surface area contributed by atoms with Crippen molar-refractivity contribution in [2.24, 2.45) is 0 Å². The van der Waals surface area contributed by atoms with Gasteiger partial charge in [-0.15, -0.1) is 0 Å². The topological polar surface area (TPSA) is 112 Å². The zero-order chi connectivity index (χ0) is 17.3. The van der Waals surface area contributed by atoms with E-state index in [9.17, 15) is 13.2 Å². The number of hydrogen-bond acceptors (Lipinski definition) is 6. The molecule has 0 saturated carbocycles. The molecule has 0 unspecified atom stereocenters. The smallest absolute Gasteiger partial charge is 0.229 e. The number of para-hydroxylation sites is 1. The van der Waals surface area contributed by atoms with Gasteiger partial charge in [-0.05, 0) is 18.2 Å². The van der Waals surface area contributed by atoms with Crippen LogP contribution in [0.2, 0.25) is 0 Å². The number of sulfonamides is 1. The van der Waals surface area contributed by atoms with Crippen molar-refractivity contribution in [3.63, 3.8) is 0 Å². The van der Waals surface area contributed by atoms with Crippen molar-refractivity contribution >= 4 is 32.6 Å². The Morgan fingerprint density at radius 2 is 1.83 bits per heavy atom. The maximum absolute atomic E-state index is 12.1. The van der Waals surface area contributed by atoms with Gasteiger partial charge in [-0.1, -0.05) is 18.2 Å². The molecular formula is C16H14N2O5S. The van der Waals surface area contributed by atoms with Crippen LogP contribution in [0.4, 0.5) is 11.6 Å². The van der Waals surface area contributed by atoms with E-state index in [1.807, 2.05) is 6.07 Å². The highest BCUT2D eigenvalue weighted by Gasteiger charge is 2.14. The first kappa shape index (κ1) is 15.9. The molecule has 0 atom stereocenters. The van der Waals surface area contributed by atoms with Crippen molar-refractivity contribution in [1.29, 1.82) is 0 Å². The van der Waals surface area contributed by atoms with E-state index in [0.717, 1.165) is 12.3 Å². The summed E-state index contributed by atoms with van der Waals surface area (Å²) < 4.78 is 36.5. The predicted molar refractivity (Wildman–Crippen MR) is 91.9 cm³/mol. The van der Waals surface area contributed by atoms with Gasteiger partial charge >= 0.3 is 0 Å². The third-order valence-electron chi connectivity index (χ3n) is 3.11. The number of hydrogen-bond donors (Lipinski definition) is 2. The maximum atomic E-state index is 12.1. The molecule has 0 aliphatic heterocycles. The van der Waals surface area contributed by atoms with E-state index < -0.39 is 10.0 Å². The Morgan fingerprint density at radius 1 is 1.12 bits per heavy atom. The van der Waals surface area contributed by atoms with Crippen LogP contribution in [0.5, 0.6) is 11.5 Å². The molecule has 3 N–H and O–H groups in total. The Hall–Kier alpha value is -3.00. The van der Waals surface area contributed by atoms with Gasteiger partial charge < -0.3 is 14.9 Å². The van der Waals surface area contributed by atoms with Gasteiger partial charge in [0.25, 0.3) is 0 Å². The SMILES string of the molecule is CS(=O)(=O)Nc1cc2oc(N)cc(=O)c2cc1Oc1ccccc1. The van der Waals surface area contributed by atoms with Gasteiger partial charge in [-0.3, -0.25) is 9.52 Å². The van der Waals surface area contributed by atoms with Crippen molar-refractivity contribution in [3.8, 4) is 11.5 Å². The Kier molecular flexibility index (Phi) is 3.90. The normalized spacial score (nSPS) is 11.4. The van der Waals surface area contributed by atoms with E-state index in [1.165, 1.54) is 12.1 Å². The molecule has 3 rings (SSSR count). The molecule has 7 nitrogen and oxygen atoms in total. The van der Waals surface area contributed by atoms with Gasteiger partial charge in [0.15, 0.2) is 17.1 Å². The minimum Gasteiger partial charge on any atom is -0.455 e. The van der Waals surface area contributed by atoms with E-state index in [-0.39, 0.29) is 33.7 Å². The molecule has 0 amide bonds. The van der Waals surface area contributed by atoms with Crippen LogP contribution >= 0.6 is 0 Å². The Labute approximate surface area is 137 Å². The second kappa shape index (κ2) is 5.89. The van der Waals surface area contributed by atoms with Gasteiger partial charge in [-0.2, -0.15) is 0 Å². The molecule has 2 aromatic carbocycles. The molecule has 0 radical (unpaired) electrons. The quantitative estimate of drug-likeness (QED) is 0.751. The molecular weight excluding hydrogens is 332 g/mol. The predicted octanol–water partition coefficient (Wildman–Crippen LogP) is 2.54. The molecule has 1 heterocycles.